The summed E-state index contributed by atoms with van der Waals surface area (Å²) in [6.07, 6.45) is 1.03. The Labute approximate surface area is 218 Å². The van der Waals surface area contributed by atoms with Crippen LogP contribution < -0.4 is 11.1 Å². The second kappa shape index (κ2) is 7.52. The van der Waals surface area contributed by atoms with Gasteiger partial charge < -0.3 is 4.74 Å². The van der Waals surface area contributed by atoms with E-state index in [-0.39, 0.29) is 17.2 Å². The van der Waals surface area contributed by atoms with Gasteiger partial charge in [-0.25, -0.2) is 0 Å². The highest BCUT2D eigenvalue weighted by atomic mass is 16.5. The first kappa shape index (κ1) is 22.0. The summed E-state index contributed by atoms with van der Waals surface area (Å²) in [6.45, 7) is 7.15. The Hall–Kier alpha value is -4.02. The van der Waals surface area contributed by atoms with Crippen LogP contribution >= 0.6 is 0 Å². The maximum Gasteiger partial charge on any atom is 0.262 e. The second-order valence-electron chi connectivity index (χ2n) is 11.2. The number of rotatable bonds is 6. The van der Waals surface area contributed by atoms with Crippen LogP contribution in [0.4, 0.5) is 0 Å². The van der Waals surface area contributed by atoms with Crippen molar-refractivity contribution in [2.24, 2.45) is 5.92 Å². The molecule has 8 aromatic rings. The van der Waals surface area contributed by atoms with Crippen molar-refractivity contribution in [2.75, 3.05) is 13.2 Å². The molecule has 4 heteroatoms. The largest absolute Gasteiger partial charge is 0.379 e. The van der Waals surface area contributed by atoms with E-state index in [1.54, 1.807) is 0 Å². The van der Waals surface area contributed by atoms with Crippen molar-refractivity contribution >= 4 is 75.4 Å². The van der Waals surface area contributed by atoms with Gasteiger partial charge in [-0.2, -0.15) is 0 Å². The van der Waals surface area contributed by atoms with E-state index < -0.39 is 0 Å². The first-order chi connectivity index (χ1) is 18.5. The molecule has 0 aliphatic heterocycles. The normalized spacial score (nSPS) is 14.6. The van der Waals surface area contributed by atoms with Crippen LogP contribution in [0.25, 0.3) is 75.4 Å². The SMILES string of the molecule is CCC(C)COCC(C)n1c(=O)c2c3ccc4ccc5ccc6ccc7ccc(c2c1=O)c1c7c6c5c4c31. The fourth-order valence-electron chi connectivity index (χ4n) is 6.88. The van der Waals surface area contributed by atoms with E-state index in [1.807, 2.05) is 19.1 Å². The van der Waals surface area contributed by atoms with Gasteiger partial charge in [0, 0.05) is 6.61 Å². The van der Waals surface area contributed by atoms with E-state index >= 15 is 0 Å². The molecule has 0 saturated carbocycles. The molecular formula is C34H27NO3. The molecule has 0 spiro atoms. The monoisotopic (exact) mass is 497 g/mol. The average molecular weight is 498 g/mol. The number of benzene rings is 7. The molecule has 7 aromatic carbocycles. The molecule has 0 radical (unpaired) electrons. The molecule has 2 atom stereocenters. The third-order valence-corrected chi connectivity index (χ3v) is 8.93. The lowest BCUT2D eigenvalue weighted by atomic mass is 9.81. The minimum atomic E-state index is -0.349. The molecule has 0 aliphatic rings. The summed E-state index contributed by atoms with van der Waals surface area (Å²) in [4.78, 5) is 28.1. The van der Waals surface area contributed by atoms with Gasteiger partial charge >= 0.3 is 0 Å². The third-order valence-electron chi connectivity index (χ3n) is 8.93. The third kappa shape index (κ3) is 2.58. The molecule has 1 heterocycles. The predicted octanol–water partition coefficient (Wildman–Crippen LogP) is 7.66. The van der Waals surface area contributed by atoms with Crippen LogP contribution in [0.15, 0.2) is 70.3 Å². The van der Waals surface area contributed by atoms with Gasteiger partial charge in [0.05, 0.1) is 23.4 Å². The molecule has 2 unspecified atom stereocenters. The van der Waals surface area contributed by atoms with Crippen LogP contribution in [0.5, 0.6) is 0 Å². The highest BCUT2D eigenvalue weighted by Gasteiger charge is 2.27. The lowest BCUT2D eigenvalue weighted by Gasteiger charge is -2.20. The Bertz CT molecular complexity index is 2120. The number of hydrogen-bond acceptors (Lipinski definition) is 3. The van der Waals surface area contributed by atoms with Gasteiger partial charge in [-0.15, -0.1) is 0 Å². The van der Waals surface area contributed by atoms with Crippen molar-refractivity contribution < 1.29 is 4.74 Å². The van der Waals surface area contributed by atoms with Crippen molar-refractivity contribution in [1.82, 2.24) is 4.57 Å². The molecular weight excluding hydrogens is 470 g/mol. The Balaban J connectivity index is 1.55. The number of fused-ring (bicyclic) bond motifs is 3. The van der Waals surface area contributed by atoms with Crippen LogP contribution in [0.1, 0.15) is 33.2 Å². The van der Waals surface area contributed by atoms with Crippen LogP contribution in [0.2, 0.25) is 0 Å². The van der Waals surface area contributed by atoms with Crippen molar-refractivity contribution in [1.29, 1.82) is 0 Å². The molecule has 0 saturated heterocycles. The van der Waals surface area contributed by atoms with Gasteiger partial charge in [0.1, 0.15) is 0 Å². The fourth-order valence-corrected chi connectivity index (χ4v) is 6.88. The first-order valence-corrected chi connectivity index (χ1v) is 13.6. The maximum atomic E-state index is 14.0. The van der Waals surface area contributed by atoms with Gasteiger partial charge in [-0.05, 0) is 77.5 Å². The lowest BCUT2D eigenvalue weighted by Crippen LogP contribution is -2.31. The Morgan fingerprint density at radius 3 is 1.39 bits per heavy atom. The standard InChI is InChI=1S/C34H27NO3/c1-4-17(2)15-38-16-18(3)35-33(36)31-23-13-11-21-9-7-19-5-6-20-8-10-22-12-14-24(32(31)34(35)37)30-28(22)26(20)25(19)27(21)29(23)30/h5-14,17-18H,4,15-16H2,1-3H3. The quantitative estimate of drug-likeness (QED) is 0.175. The zero-order chi connectivity index (χ0) is 25.9. The summed E-state index contributed by atoms with van der Waals surface area (Å²) >= 11 is 0. The second-order valence-corrected chi connectivity index (χ2v) is 11.2. The fraction of sp³-hybridized carbons (Fsp3) is 0.235. The zero-order valence-corrected chi connectivity index (χ0v) is 21.7. The van der Waals surface area contributed by atoms with E-state index in [9.17, 15) is 9.59 Å². The lowest BCUT2D eigenvalue weighted by molar-refractivity contribution is 0.0803. The van der Waals surface area contributed by atoms with E-state index in [1.165, 1.54) is 36.9 Å². The van der Waals surface area contributed by atoms with Crippen molar-refractivity contribution in [2.45, 2.75) is 33.2 Å². The van der Waals surface area contributed by atoms with Gasteiger partial charge in [-0.3, -0.25) is 14.2 Å². The molecule has 0 bridgehead atoms. The molecule has 0 N–H and O–H groups in total. The van der Waals surface area contributed by atoms with Crippen molar-refractivity contribution in [3.8, 4) is 0 Å². The van der Waals surface area contributed by atoms with E-state index in [0.717, 1.165) is 38.7 Å². The van der Waals surface area contributed by atoms with E-state index in [2.05, 4.69) is 62.4 Å². The summed E-state index contributed by atoms with van der Waals surface area (Å²) in [6, 6.07) is 21.1. The highest BCUT2D eigenvalue weighted by molar-refractivity contribution is 6.47. The topological polar surface area (TPSA) is 48.3 Å². The van der Waals surface area contributed by atoms with Gasteiger partial charge in [-0.1, -0.05) is 80.9 Å². The molecule has 38 heavy (non-hydrogen) atoms. The number of hydrogen-bond donors (Lipinski definition) is 0. The number of nitrogens with zero attached hydrogens (tertiary/aromatic N) is 1. The summed E-state index contributed by atoms with van der Waals surface area (Å²) < 4.78 is 7.36. The van der Waals surface area contributed by atoms with Crippen molar-refractivity contribution in [3.63, 3.8) is 0 Å². The van der Waals surface area contributed by atoms with Crippen LogP contribution in [-0.4, -0.2) is 17.8 Å². The summed E-state index contributed by atoms with van der Waals surface area (Å²) in [5.41, 5.74) is -0.426. The predicted molar refractivity (Wildman–Crippen MR) is 159 cm³/mol. The van der Waals surface area contributed by atoms with Gasteiger partial charge in [0.2, 0.25) is 0 Å². The minimum Gasteiger partial charge on any atom is -0.379 e. The van der Waals surface area contributed by atoms with Crippen LogP contribution in [0.3, 0.4) is 0 Å². The van der Waals surface area contributed by atoms with Crippen molar-refractivity contribution in [3.05, 3.63) is 81.4 Å². The molecule has 186 valence electrons. The number of aromatic nitrogens is 1. The zero-order valence-electron chi connectivity index (χ0n) is 21.7. The Morgan fingerprint density at radius 1 is 0.579 bits per heavy atom. The minimum absolute atomic E-state index is 0.213. The molecule has 4 nitrogen and oxygen atoms in total. The van der Waals surface area contributed by atoms with Crippen LogP contribution in [0, 0.1) is 5.92 Å². The smallest absolute Gasteiger partial charge is 0.262 e. The molecule has 0 amide bonds. The highest BCUT2D eigenvalue weighted by Crippen LogP contribution is 2.49. The number of ether oxygens (including phenoxy) is 1. The summed E-state index contributed by atoms with van der Waals surface area (Å²) in [5, 5.41) is 14.6. The Morgan fingerprint density at radius 2 is 0.974 bits per heavy atom. The van der Waals surface area contributed by atoms with E-state index in [0.29, 0.717) is 29.9 Å². The summed E-state index contributed by atoms with van der Waals surface area (Å²) in [5.74, 6) is 0.441. The van der Waals surface area contributed by atoms with Gasteiger partial charge in [0.15, 0.2) is 0 Å². The van der Waals surface area contributed by atoms with Gasteiger partial charge in [0.25, 0.3) is 11.1 Å². The molecule has 0 fully saturated rings. The summed E-state index contributed by atoms with van der Waals surface area (Å²) in [7, 11) is 0. The van der Waals surface area contributed by atoms with Crippen LogP contribution in [-0.2, 0) is 4.74 Å². The van der Waals surface area contributed by atoms with E-state index in [4.69, 9.17) is 4.74 Å². The average Bonchev–Trinajstić information content (AvgIpc) is 3.21. The molecule has 1 aromatic heterocycles. The molecule has 8 rings (SSSR count). The molecule has 0 aliphatic carbocycles. The Kier molecular flexibility index (Phi) is 4.35. The maximum absolute atomic E-state index is 14.0. The first-order valence-electron chi connectivity index (χ1n) is 13.6.